The van der Waals surface area contributed by atoms with Gasteiger partial charge in [0.1, 0.15) is 5.82 Å². The molecule has 4 heteroatoms. The van der Waals surface area contributed by atoms with Gasteiger partial charge in [-0.15, -0.1) is 0 Å². The maximum absolute atomic E-state index is 14.0. The minimum absolute atomic E-state index is 0.0173. The van der Waals surface area contributed by atoms with E-state index in [0.717, 1.165) is 13.1 Å². The van der Waals surface area contributed by atoms with E-state index in [2.05, 4.69) is 25.2 Å². The van der Waals surface area contributed by atoms with Crippen molar-refractivity contribution in [1.29, 1.82) is 5.26 Å². The van der Waals surface area contributed by atoms with Crippen molar-refractivity contribution in [3.8, 4) is 6.07 Å². The van der Waals surface area contributed by atoms with Gasteiger partial charge in [0.25, 0.3) is 0 Å². The molecule has 102 valence electrons. The van der Waals surface area contributed by atoms with E-state index in [1.807, 2.05) is 11.0 Å². The molecule has 0 aliphatic carbocycles. The average Bonchev–Trinajstić information content (AvgIpc) is 2.49. The molecule has 0 bridgehead atoms. The lowest BCUT2D eigenvalue weighted by Crippen LogP contribution is -2.42. The lowest BCUT2D eigenvalue weighted by molar-refractivity contribution is 0.368. The Morgan fingerprint density at radius 2 is 2.21 bits per heavy atom. The van der Waals surface area contributed by atoms with Crippen molar-refractivity contribution >= 4 is 5.69 Å². The highest BCUT2D eigenvalue weighted by molar-refractivity contribution is 5.49. The predicted octanol–water partition coefficient (Wildman–Crippen LogP) is 2.54. The summed E-state index contributed by atoms with van der Waals surface area (Å²) in [4.78, 5) is 2.04. The monoisotopic (exact) mass is 261 g/mol. The van der Waals surface area contributed by atoms with Gasteiger partial charge in [-0.05, 0) is 17.5 Å². The van der Waals surface area contributed by atoms with Crippen LogP contribution in [0.5, 0.6) is 0 Å². The molecule has 0 spiro atoms. The zero-order valence-corrected chi connectivity index (χ0v) is 11.5. The molecule has 1 N–H and O–H groups in total. The number of nitrogens with zero attached hydrogens (tertiary/aromatic N) is 2. The van der Waals surface area contributed by atoms with Crippen molar-refractivity contribution in [2.24, 2.45) is 5.41 Å². The Morgan fingerprint density at radius 1 is 1.47 bits per heavy atom. The van der Waals surface area contributed by atoms with E-state index in [0.29, 0.717) is 18.7 Å². The van der Waals surface area contributed by atoms with Crippen LogP contribution in [0.3, 0.4) is 0 Å². The molecule has 1 aliphatic heterocycles. The summed E-state index contributed by atoms with van der Waals surface area (Å²) >= 11 is 0. The van der Waals surface area contributed by atoms with Crippen molar-refractivity contribution < 1.29 is 4.39 Å². The summed E-state index contributed by atoms with van der Waals surface area (Å²) < 4.78 is 14.0. The number of nitrogens with one attached hydrogen (secondary N) is 1. The Kier molecular flexibility index (Phi) is 4.06. The summed E-state index contributed by atoms with van der Waals surface area (Å²) in [7, 11) is 0. The summed E-state index contributed by atoms with van der Waals surface area (Å²) in [5.74, 6) is -0.219. The first-order chi connectivity index (χ1) is 9.03. The highest BCUT2D eigenvalue weighted by atomic mass is 19.1. The van der Waals surface area contributed by atoms with Crippen molar-refractivity contribution in [1.82, 2.24) is 5.32 Å². The molecule has 1 unspecified atom stereocenters. The van der Waals surface area contributed by atoms with Gasteiger partial charge < -0.3 is 10.2 Å². The number of anilines is 1. The highest BCUT2D eigenvalue weighted by Crippen LogP contribution is 2.28. The topological polar surface area (TPSA) is 39.1 Å². The largest absolute Gasteiger partial charge is 0.363 e. The maximum Gasteiger partial charge on any atom is 0.146 e. The summed E-state index contributed by atoms with van der Waals surface area (Å²) in [6.45, 7) is 6.64. The third kappa shape index (κ3) is 3.24. The molecule has 1 atom stereocenters. The Balaban J connectivity index is 2.35. The van der Waals surface area contributed by atoms with Gasteiger partial charge in [-0.3, -0.25) is 0 Å². The first-order valence-electron chi connectivity index (χ1n) is 6.62. The summed E-state index contributed by atoms with van der Waals surface area (Å²) in [5.41, 5.74) is 0.645. The Bertz CT molecular complexity index is 479. The molecule has 1 aromatic carbocycles. The van der Waals surface area contributed by atoms with Gasteiger partial charge in [0, 0.05) is 19.6 Å². The third-order valence-corrected chi connectivity index (χ3v) is 3.51. The van der Waals surface area contributed by atoms with Crippen molar-refractivity contribution in [2.45, 2.75) is 26.3 Å². The van der Waals surface area contributed by atoms with Gasteiger partial charge in [0.15, 0.2) is 0 Å². The van der Waals surface area contributed by atoms with E-state index in [-0.39, 0.29) is 17.3 Å². The van der Waals surface area contributed by atoms with Crippen molar-refractivity contribution in [2.75, 3.05) is 24.5 Å². The molecule has 1 fully saturated rings. The second kappa shape index (κ2) is 5.58. The Hall–Kier alpha value is -1.60. The van der Waals surface area contributed by atoms with Crippen molar-refractivity contribution in [3.05, 3.63) is 30.1 Å². The number of rotatable bonds is 2. The first kappa shape index (κ1) is 13.8. The molecule has 0 aromatic heterocycles. The molecule has 1 aliphatic rings. The molecule has 1 saturated heterocycles. The number of benzene rings is 1. The van der Waals surface area contributed by atoms with Gasteiger partial charge >= 0.3 is 0 Å². The van der Waals surface area contributed by atoms with E-state index < -0.39 is 0 Å². The Morgan fingerprint density at radius 3 is 2.89 bits per heavy atom. The standard InChI is InChI=1S/C15H20FN3/c1-15(2)10-18-9-12(7-8-17)19(11-15)14-6-4-3-5-13(14)16/h3-6,12,18H,7,9-11H2,1-2H3. The molecular formula is C15H20FN3. The lowest BCUT2D eigenvalue weighted by Gasteiger charge is -2.35. The van der Waals surface area contributed by atoms with Gasteiger partial charge in [-0.2, -0.15) is 5.26 Å². The van der Waals surface area contributed by atoms with Gasteiger partial charge in [-0.25, -0.2) is 4.39 Å². The second-order valence-electron chi connectivity index (χ2n) is 5.89. The van der Waals surface area contributed by atoms with Crippen LogP contribution in [0.15, 0.2) is 24.3 Å². The number of para-hydroxylation sites is 1. The molecule has 0 radical (unpaired) electrons. The summed E-state index contributed by atoms with van der Waals surface area (Å²) in [6, 6.07) is 9.03. The zero-order chi connectivity index (χ0) is 13.9. The van der Waals surface area contributed by atoms with Crippen LogP contribution in [-0.2, 0) is 0 Å². The molecule has 1 aromatic rings. The first-order valence-corrected chi connectivity index (χ1v) is 6.62. The maximum atomic E-state index is 14.0. The van der Waals surface area contributed by atoms with E-state index in [1.54, 1.807) is 12.1 Å². The summed E-state index contributed by atoms with van der Waals surface area (Å²) in [6.07, 6.45) is 0.400. The van der Waals surface area contributed by atoms with E-state index in [1.165, 1.54) is 6.07 Å². The van der Waals surface area contributed by atoms with Crippen LogP contribution in [0.25, 0.3) is 0 Å². The van der Waals surface area contributed by atoms with Crippen LogP contribution < -0.4 is 10.2 Å². The molecule has 1 heterocycles. The number of hydrogen-bond donors (Lipinski definition) is 1. The van der Waals surface area contributed by atoms with Crippen LogP contribution in [0, 0.1) is 22.6 Å². The number of hydrogen-bond acceptors (Lipinski definition) is 3. The summed E-state index contributed by atoms with van der Waals surface area (Å²) in [5, 5.41) is 12.4. The fourth-order valence-corrected chi connectivity index (χ4v) is 2.59. The van der Waals surface area contributed by atoms with Gasteiger partial charge in [-0.1, -0.05) is 26.0 Å². The third-order valence-electron chi connectivity index (χ3n) is 3.51. The van der Waals surface area contributed by atoms with Crippen LogP contribution in [0.2, 0.25) is 0 Å². The lowest BCUT2D eigenvalue weighted by atomic mass is 9.92. The van der Waals surface area contributed by atoms with E-state index in [9.17, 15) is 4.39 Å². The van der Waals surface area contributed by atoms with Crippen molar-refractivity contribution in [3.63, 3.8) is 0 Å². The van der Waals surface area contributed by atoms with Crippen LogP contribution in [0.4, 0.5) is 10.1 Å². The van der Waals surface area contributed by atoms with E-state index >= 15 is 0 Å². The number of halogens is 1. The average molecular weight is 261 g/mol. The molecular weight excluding hydrogens is 241 g/mol. The predicted molar refractivity (Wildman–Crippen MR) is 74.4 cm³/mol. The second-order valence-corrected chi connectivity index (χ2v) is 5.89. The molecule has 0 amide bonds. The molecule has 2 rings (SSSR count). The van der Waals surface area contributed by atoms with Gasteiger partial charge in [0.2, 0.25) is 0 Å². The zero-order valence-electron chi connectivity index (χ0n) is 11.5. The van der Waals surface area contributed by atoms with Crippen LogP contribution in [-0.4, -0.2) is 25.7 Å². The van der Waals surface area contributed by atoms with Crippen LogP contribution >= 0.6 is 0 Å². The van der Waals surface area contributed by atoms with Crippen LogP contribution in [0.1, 0.15) is 20.3 Å². The number of nitriles is 1. The SMILES string of the molecule is CC1(C)CNCC(CC#N)N(c2ccccc2F)C1. The van der Waals surface area contributed by atoms with Gasteiger partial charge in [0.05, 0.1) is 24.2 Å². The van der Waals surface area contributed by atoms with E-state index in [4.69, 9.17) is 5.26 Å². The molecule has 19 heavy (non-hydrogen) atoms. The molecule has 0 saturated carbocycles. The smallest absolute Gasteiger partial charge is 0.146 e. The normalized spacial score (nSPS) is 22.6. The minimum Gasteiger partial charge on any atom is -0.363 e. The highest BCUT2D eigenvalue weighted by Gasteiger charge is 2.31. The minimum atomic E-state index is -0.219. The fourth-order valence-electron chi connectivity index (χ4n) is 2.59. The fraction of sp³-hybridized carbons (Fsp3) is 0.533. The molecule has 3 nitrogen and oxygen atoms in total. The quantitative estimate of drug-likeness (QED) is 0.889. The Labute approximate surface area is 114 Å².